The number of aliphatic hydroxyl groups excluding tert-OH is 4. The summed E-state index contributed by atoms with van der Waals surface area (Å²) in [6.07, 6.45) is 24.8. The zero-order valence-corrected chi connectivity index (χ0v) is 31.4. The second-order valence-electron chi connectivity index (χ2n) is 13.7. The number of rotatable bonds is 32. The lowest BCUT2D eigenvalue weighted by Gasteiger charge is -2.39. The maximum atomic E-state index is 12.7. The maximum absolute atomic E-state index is 12.7. The molecule has 10 heteroatoms. The first-order chi connectivity index (χ1) is 24.3. The smallest absolute Gasteiger partial charge is 0.306 e. The molecule has 0 amide bonds. The summed E-state index contributed by atoms with van der Waals surface area (Å²) in [4.78, 5) is 25.1. The number of hydrogen-bond donors (Lipinski definition) is 4. The molecule has 0 aromatic carbocycles. The highest BCUT2D eigenvalue weighted by Gasteiger charge is 2.44. The van der Waals surface area contributed by atoms with E-state index in [2.05, 4.69) is 38.2 Å². The zero-order valence-electron chi connectivity index (χ0n) is 31.4. The summed E-state index contributed by atoms with van der Waals surface area (Å²) >= 11 is 0. The molecule has 1 heterocycles. The van der Waals surface area contributed by atoms with Gasteiger partial charge < -0.3 is 39.4 Å². The molecule has 1 saturated heterocycles. The lowest BCUT2D eigenvalue weighted by atomic mass is 9.99. The highest BCUT2D eigenvalue weighted by Crippen LogP contribution is 2.22. The van der Waals surface area contributed by atoms with Crippen LogP contribution in [-0.4, -0.2) is 89.0 Å². The summed E-state index contributed by atoms with van der Waals surface area (Å²) in [6, 6.07) is 0. The molecular weight excluding hydrogens is 640 g/mol. The van der Waals surface area contributed by atoms with E-state index in [0.29, 0.717) is 6.42 Å². The molecule has 50 heavy (non-hydrogen) atoms. The van der Waals surface area contributed by atoms with Gasteiger partial charge in [-0.1, -0.05) is 128 Å². The molecule has 6 atom stereocenters. The summed E-state index contributed by atoms with van der Waals surface area (Å²) < 4.78 is 22.0. The number of carbonyl (C=O) groups is 2. The highest BCUT2D eigenvalue weighted by molar-refractivity contribution is 5.70. The standard InChI is InChI=1S/C40H72O10/c1-3-5-7-9-11-13-14-15-16-17-18-19-20-21-23-25-27-29-36(43)49-33(31-47-35(42)28-26-24-22-12-10-8-6-4-2)32-48-40-39(46)38(45)37(44)34(30-41)50-40/h11,13,15-16,33-34,37-41,44-46H,3-10,12,14,17-32H2,1-2H3/b13-11-,16-15-. The Labute approximate surface area is 303 Å². The average molecular weight is 713 g/mol. The first-order valence-corrected chi connectivity index (χ1v) is 19.9. The molecule has 1 fully saturated rings. The summed E-state index contributed by atoms with van der Waals surface area (Å²) in [5, 5.41) is 39.9. The Hall–Kier alpha value is -1.82. The number of carbonyl (C=O) groups excluding carboxylic acids is 2. The van der Waals surface area contributed by atoms with Gasteiger partial charge in [0.05, 0.1) is 13.2 Å². The third-order valence-electron chi connectivity index (χ3n) is 9.09. The number of unbranched alkanes of at least 4 members (excludes halogenated alkanes) is 17. The lowest BCUT2D eigenvalue weighted by molar-refractivity contribution is -0.305. The second kappa shape index (κ2) is 31.9. The number of ether oxygens (including phenoxy) is 4. The van der Waals surface area contributed by atoms with Crippen LogP contribution in [0.3, 0.4) is 0 Å². The highest BCUT2D eigenvalue weighted by atomic mass is 16.7. The van der Waals surface area contributed by atoms with Crippen LogP contribution < -0.4 is 0 Å². The topological polar surface area (TPSA) is 152 Å². The van der Waals surface area contributed by atoms with Crippen LogP contribution in [0.4, 0.5) is 0 Å². The number of esters is 2. The van der Waals surface area contributed by atoms with Gasteiger partial charge in [-0.25, -0.2) is 0 Å². The quantitative estimate of drug-likeness (QED) is 0.0316. The van der Waals surface area contributed by atoms with Crippen molar-refractivity contribution >= 4 is 11.9 Å². The van der Waals surface area contributed by atoms with E-state index in [9.17, 15) is 30.0 Å². The Bertz CT molecular complexity index is 876. The molecule has 0 saturated carbocycles. The van der Waals surface area contributed by atoms with Crippen molar-refractivity contribution in [3.05, 3.63) is 24.3 Å². The summed E-state index contributed by atoms with van der Waals surface area (Å²) in [5.41, 5.74) is 0. The van der Waals surface area contributed by atoms with Crippen LogP contribution >= 0.6 is 0 Å². The van der Waals surface area contributed by atoms with E-state index < -0.39 is 49.4 Å². The molecule has 0 radical (unpaired) electrons. The molecule has 1 aliphatic rings. The summed E-state index contributed by atoms with van der Waals surface area (Å²) in [5.74, 6) is -0.819. The maximum Gasteiger partial charge on any atom is 0.306 e. The van der Waals surface area contributed by atoms with Crippen molar-refractivity contribution in [2.45, 2.75) is 198 Å². The van der Waals surface area contributed by atoms with Crippen LogP contribution in [0.1, 0.15) is 162 Å². The van der Waals surface area contributed by atoms with Gasteiger partial charge in [0, 0.05) is 12.8 Å². The van der Waals surface area contributed by atoms with E-state index in [0.717, 1.165) is 57.8 Å². The van der Waals surface area contributed by atoms with Crippen molar-refractivity contribution in [1.82, 2.24) is 0 Å². The monoisotopic (exact) mass is 713 g/mol. The second-order valence-corrected chi connectivity index (χ2v) is 13.7. The van der Waals surface area contributed by atoms with Gasteiger partial charge in [-0.3, -0.25) is 9.59 Å². The van der Waals surface area contributed by atoms with Gasteiger partial charge >= 0.3 is 11.9 Å². The van der Waals surface area contributed by atoms with E-state index >= 15 is 0 Å². The van der Waals surface area contributed by atoms with Gasteiger partial charge in [-0.2, -0.15) is 0 Å². The third kappa shape index (κ3) is 23.6. The molecule has 0 bridgehead atoms. The molecule has 0 aromatic heterocycles. The van der Waals surface area contributed by atoms with Crippen molar-refractivity contribution in [3.8, 4) is 0 Å². The minimum absolute atomic E-state index is 0.218. The van der Waals surface area contributed by atoms with Crippen LogP contribution in [0.2, 0.25) is 0 Å². The SMILES string of the molecule is CCCCC/C=C\C/C=C\CCCCCCCCCC(=O)OC(COC(=O)CCCCCCCCCC)COC1OC(CO)C(O)C(O)C1O. The van der Waals surface area contributed by atoms with Gasteiger partial charge in [0.15, 0.2) is 12.4 Å². The fourth-order valence-electron chi connectivity index (χ4n) is 5.86. The summed E-state index contributed by atoms with van der Waals surface area (Å²) in [7, 11) is 0. The Morgan fingerprint density at radius 3 is 1.70 bits per heavy atom. The molecule has 6 unspecified atom stereocenters. The fraction of sp³-hybridized carbons (Fsp3) is 0.850. The number of hydrogen-bond acceptors (Lipinski definition) is 10. The van der Waals surface area contributed by atoms with Crippen LogP contribution in [0, 0.1) is 0 Å². The Kier molecular flexibility index (Phi) is 29.5. The van der Waals surface area contributed by atoms with Crippen LogP contribution in [0.5, 0.6) is 0 Å². The molecule has 4 N–H and O–H groups in total. The van der Waals surface area contributed by atoms with Crippen molar-refractivity contribution in [3.63, 3.8) is 0 Å². The fourth-order valence-corrected chi connectivity index (χ4v) is 5.86. The third-order valence-corrected chi connectivity index (χ3v) is 9.09. The van der Waals surface area contributed by atoms with Crippen molar-refractivity contribution in [2.24, 2.45) is 0 Å². The van der Waals surface area contributed by atoms with Crippen LogP contribution in [-0.2, 0) is 28.5 Å². The Morgan fingerprint density at radius 2 is 1.12 bits per heavy atom. The molecule has 0 aromatic rings. The molecule has 0 aliphatic carbocycles. The predicted octanol–water partition coefficient (Wildman–Crippen LogP) is 7.38. The normalized spacial score (nSPS) is 21.6. The molecule has 10 nitrogen and oxygen atoms in total. The molecular formula is C40H72O10. The molecule has 1 aliphatic heterocycles. The van der Waals surface area contributed by atoms with Gasteiger partial charge in [0.2, 0.25) is 0 Å². The summed E-state index contributed by atoms with van der Waals surface area (Å²) in [6.45, 7) is 3.34. The van der Waals surface area contributed by atoms with Gasteiger partial charge in [0.25, 0.3) is 0 Å². The van der Waals surface area contributed by atoms with Crippen LogP contribution in [0.25, 0.3) is 0 Å². The van der Waals surface area contributed by atoms with Gasteiger partial charge in [0.1, 0.15) is 31.0 Å². The first kappa shape index (κ1) is 46.2. The van der Waals surface area contributed by atoms with E-state index in [1.54, 1.807) is 0 Å². The van der Waals surface area contributed by atoms with E-state index in [1.165, 1.54) is 70.6 Å². The van der Waals surface area contributed by atoms with Gasteiger partial charge in [-0.15, -0.1) is 0 Å². The number of aliphatic hydroxyl groups is 4. The van der Waals surface area contributed by atoms with Crippen molar-refractivity contribution in [1.29, 1.82) is 0 Å². The molecule has 0 spiro atoms. The Morgan fingerprint density at radius 1 is 0.620 bits per heavy atom. The van der Waals surface area contributed by atoms with Crippen molar-refractivity contribution < 1.29 is 49.0 Å². The average Bonchev–Trinajstić information content (AvgIpc) is 3.11. The van der Waals surface area contributed by atoms with E-state index in [4.69, 9.17) is 18.9 Å². The first-order valence-electron chi connectivity index (χ1n) is 19.9. The molecule has 1 rings (SSSR count). The van der Waals surface area contributed by atoms with E-state index in [1.807, 2.05) is 0 Å². The lowest BCUT2D eigenvalue weighted by Crippen LogP contribution is -2.59. The van der Waals surface area contributed by atoms with Crippen molar-refractivity contribution in [2.75, 3.05) is 19.8 Å². The molecule has 292 valence electrons. The van der Waals surface area contributed by atoms with E-state index in [-0.39, 0.29) is 32.0 Å². The minimum atomic E-state index is -1.59. The predicted molar refractivity (Wildman–Crippen MR) is 196 cm³/mol. The van der Waals surface area contributed by atoms with Crippen LogP contribution in [0.15, 0.2) is 24.3 Å². The zero-order chi connectivity index (χ0) is 36.7. The van der Waals surface area contributed by atoms with Gasteiger partial charge in [-0.05, 0) is 44.9 Å². The number of allylic oxidation sites excluding steroid dienone is 4. The Balaban J connectivity index is 2.36. The largest absolute Gasteiger partial charge is 0.462 e. The minimum Gasteiger partial charge on any atom is -0.462 e.